The Bertz CT molecular complexity index is 368. The molecule has 3 heteroatoms. The zero-order valence-electron chi connectivity index (χ0n) is 6.74. The van der Waals surface area contributed by atoms with Crippen LogP contribution in [0.2, 0.25) is 0 Å². The summed E-state index contributed by atoms with van der Waals surface area (Å²) in [6, 6.07) is 10.2. The van der Waals surface area contributed by atoms with Crippen molar-refractivity contribution in [3.63, 3.8) is 0 Å². The third-order valence-corrected chi connectivity index (χ3v) is 4.78. The van der Waals surface area contributed by atoms with E-state index in [1.807, 2.05) is 29.7 Å². The molecule has 1 heterocycles. The second-order valence-corrected chi connectivity index (χ2v) is 5.79. The highest BCUT2D eigenvalue weighted by Crippen LogP contribution is 2.52. The summed E-state index contributed by atoms with van der Waals surface area (Å²) in [6.07, 6.45) is 1.82. The van der Waals surface area contributed by atoms with Gasteiger partial charge in [-0.2, -0.15) is 10.9 Å². The van der Waals surface area contributed by atoms with Crippen molar-refractivity contribution in [3.8, 4) is 0 Å². The lowest BCUT2D eigenvalue weighted by Crippen LogP contribution is -1.75. The van der Waals surface area contributed by atoms with Crippen LogP contribution < -0.4 is 0 Å². The van der Waals surface area contributed by atoms with Gasteiger partial charge < -0.3 is 0 Å². The van der Waals surface area contributed by atoms with E-state index in [1.165, 1.54) is 4.90 Å². The van der Waals surface area contributed by atoms with Crippen LogP contribution in [0, 0.1) is 0 Å². The third-order valence-electron chi connectivity index (χ3n) is 1.77. The molecule has 0 radical (unpaired) electrons. The normalized spacial score (nSPS) is 24.0. The van der Waals surface area contributed by atoms with E-state index < -0.39 is 10.9 Å². The summed E-state index contributed by atoms with van der Waals surface area (Å²) in [4.78, 5) is 1.24. The molecule has 2 rings (SSSR count). The minimum absolute atomic E-state index is 0.508. The summed E-state index contributed by atoms with van der Waals surface area (Å²) in [5.41, 5.74) is 0. The Morgan fingerprint density at radius 3 is 2.23 bits per heavy atom. The average Bonchev–Trinajstić information content (AvgIpc) is 2.47. The molecule has 1 unspecified atom stereocenters. The molecule has 0 nitrogen and oxygen atoms in total. The van der Waals surface area contributed by atoms with Crippen molar-refractivity contribution in [1.82, 2.24) is 0 Å². The second-order valence-electron chi connectivity index (χ2n) is 2.69. The van der Waals surface area contributed by atoms with Gasteiger partial charge in [0.2, 0.25) is 0 Å². The largest absolute Gasteiger partial charge is 0.167 e. The Balaban J connectivity index is 2.35. The molecule has 0 spiro atoms. The lowest BCUT2D eigenvalue weighted by molar-refractivity contribution is 1.46. The van der Waals surface area contributed by atoms with Crippen LogP contribution in [-0.2, 0) is 0 Å². The first-order valence-corrected chi connectivity index (χ1v) is 6.03. The van der Waals surface area contributed by atoms with Gasteiger partial charge in [0.1, 0.15) is 0 Å². The van der Waals surface area contributed by atoms with Crippen molar-refractivity contribution in [2.45, 2.75) is 4.90 Å². The van der Waals surface area contributed by atoms with Gasteiger partial charge >= 0.3 is 0 Å². The van der Waals surface area contributed by atoms with E-state index in [2.05, 4.69) is 12.1 Å². The molecular formula is C10H8Cl2S. The highest BCUT2D eigenvalue weighted by molar-refractivity contribution is 8.24. The fourth-order valence-corrected chi connectivity index (χ4v) is 3.89. The third kappa shape index (κ3) is 1.93. The van der Waals surface area contributed by atoms with E-state index in [4.69, 9.17) is 23.2 Å². The average molecular weight is 231 g/mol. The van der Waals surface area contributed by atoms with Crippen LogP contribution in [0.5, 0.6) is 0 Å². The van der Waals surface area contributed by atoms with Gasteiger partial charge in [-0.15, -0.1) is 0 Å². The van der Waals surface area contributed by atoms with Gasteiger partial charge in [-0.05, 0) is 28.5 Å². The van der Waals surface area contributed by atoms with Gasteiger partial charge in [0.05, 0.1) is 4.36 Å². The number of halogens is 2. The molecule has 0 fully saturated rings. The SMILES string of the molecule is ClC1=C[SH](c2ccccc2)C(Cl)=C1. The van der Waals surface area contributed by atoms with Gasteiger partial charge in [-0.3, -0.25) is 0 Å². The Morgan fingerprint density at radius 2 is 1.69 bits per heavy atom. The fourth-order valence-electron chi connectivity index (χ4n) is 1.19. The standard InChI is InChI=1S/C10H8Cl2S/c11-8-6-10(12)13(7-8)9-4-2-1-3-5-9/h1-7,13H. The summed E-state index contributed by atoms with van der Waals surface area (Å²) in [7, 11) is -0.508. The summed E-state index contributed by atoms with van der Waals surface area (Å²) in [5, 5.41) is 2.77. The second kappa shape index (κ2) is 3.79. The van der Waals surface area contributed by atoms with Crippen LogP contribution in [0.15, 0.2) is 56.1 Å². The van der Waals surface area contributed by atoms with Crippen molar-refractivity contribution >= 4 is 34.1 Å². The molecule has 0 aromatic heterocycles. The molecule has 1 aromatic carbocycles. The first kappa shape index (κ1) is 9.20. The lowest BCUT2D eigenvalue weighted by Gasteiger charge is -2.12. The van der Waals surface area contributed by atoms with E-state index >= 15 is 0 Å². The van der Waals surface area contributed by atoms with Gasteiger partial charge in [-0.1, -0.05) is 41.4 Å². The van der Waals surface area contributed by atoms with Crippen LogP contribution in [-0.4, -0.2) is 0 Å². The predicted molar refractivity (Wildman–Crippen MR) is 61.6 cm³/mol. The molecule has 13 heavy (non-hydrogen) atoms. The minimum atomic E-state index is -0.508. The molecular weight excluding hydrogens is 223 g/mol. The number of hydrogen-bond donors (Lipinski definition) is 1. The maximum absolute atomic E-state index is 6.06. The van der Waals surface area contributed by atoms with Gasteiger partial charge in [-0.25, -0.2) is 0 Å². The highest BCUT2D eigenvalue weighted by Gasteiger charge is 2.14. The van der Waals surface area contributed by atoms with E-state index in [1.54, 1.807) is 0 Å². The molecule has 0 saturated carbocycles. The van der Waals surface area contributed by atoms with Crippen molar-refractivity contribution in [1.29, 1.82) is 0 Å². The van der Waals surface area contributed by atoms with E-state index in [0.717, 1.165) is 9.40 Å². The molecule has 1 atom stereocenters. The summed E-state index contributed by atoms with van der Waals surface area (Å²) in [6.45, 7) is 0. The number of rotatable bonds is 1. The Hall–Kier alpha value is -0.370. The van der Waals surface area contributed by atoms with Gasteiger partial charge in [0.25, 0.3) is 0 Å². The van der Waals surface area contributed by atoms with Crippen molar-refractivity contribution in [3.05, 3.63) is 51.2 Å². The van der Waals surface area contributed by atoms with E-state index in [0.29, 0.717) is 0 Å². The van der Waals surface area contributed by atoms with Crippen LogP contribution in [0.4, 0.5) is 0 Å². The van der Waals surface area contributed by atoms with Crippen LogP contribution in [0.1, 0.15) is 0 Å². The molecule has 0 N–H and O–H groups in total. The molecule has 0 bridgehead atoms. The highest BCUT2D eigenvalue weighted by atomic mass is 35.5. The molecule has 0 aliphatic carbocycles. The predicted octanol–water partition coefficient (Wildman–Crippen LogP) is 4.22. The summed E-state index contributed by atoms with van der Waals surface area (Å²) >= 11 is 11.9. The van der Waals surface area contributed by atoms with Gasteiger partial charge in [0.15, 0.2) is 0 Å². The Kier molecular flexibility index (Phi) is 2.68. The smallest absolute Gasteiger partial charge is 0.0629 e. The molecule has 0 saturated heterocycles. The molecule has 68 valence electrons. The first-order valence-electron chi connectivity index (χ1n) is 3.86. The monoisotopic (exact) mass is 230 g/mol. The maximum Gasteiger partial charge on any atom is 0.0629 e. The fraction of sp³-hybridized carbons (Fsp3) is 0. The van der Waals surface area contributed by atoms with Crippen LogP contribution >= 0.6 is 34.1 Å². The van der Waals surface area contributed by atoms with Crippen LogP contribution in [0.25, 0.3) is 0 Å². The van der Waals surface area contributed by atoms with Crippen molar-refractivity contribution < 1.29 is 0 Å². The number of hydrogen-bond acceptors (Lipinski definition) is 0. The maximum atomic E-state index is 6.06. The zero-order chi connectivity index (χ0) is 9.26. The molecule has 1 aliphatic rings. The number of benzene rings is 1. The van der Waals surface area contributed by atoms with Crippen molar-refractivity contribution in [2.75, 3.05) is 0 Å². The van der Waals surface area contributed by atoms with E-state index in [-0.39, 0.29) is 0 Å². The summed E-state index contributed by atoms with van der Waals surface area (Å²) in [5.74, 6) is 0. The van der Waals surface area contributed by atoms with Crippen LogP contribution in [0.3, 0.4) is 0 Å². The zero-order valence-corrected chi connectivity index (χ0v) is 9.15. The summed E-state index contributed by atoms with van der Waals surface area (Å²) < 4.78 is 0.853. The quantitative estimate of drug-likeness (QED) is 0.687. The van der Waals surface area contributed by atoms with Gasteiger partial charge in [0, 0.05) is 5.03 Å². The lowest BCUT2D eigenvalue weighted by atomic mass is 10.4. The topological polar surface area (TPSA) is 0 Å². The van der Waals surface area contributed by atoms with Crippen molar-refractivity contribution in [2.24, 2.45) is 0 Å². The molecule has 0 amide bonds. The number of thiol groups is 1. The molecule has 1 aliphatic heterocycles. The Morgan fingerprint density at radius 1 is 1.00 bits per heavy atom. The molecule has 1 aromatic rings. The Labute approximate surface area is 90.2 Å². The first-order chi connectivity index (χ1) is 6.27. The number of allylic oxidation sites excluding steroid dienone is 2. The van der Waals surface area contributed by atoms with E-state index in [9.17, 15) is 0 Å². The minimum Gasteiger partial charge on any atom is -0.167 e.